The van der Waals surface area contributed by atoms with Gasteiger partial charge in [-0.3, -0.25) is 4.79 Å². The van der Waals surface area contributed by atoms with E-state index in [1.54, 1.807) is 12.1 Å². The summed E-state index contributed by atoms with van der Waals surface area (Å²) in [6, 6.07) is 14.6. The van der Waals surface area contributed by atoms with Crippen LogP contribution in [0.3, 0.4) is 0 Å². The molecule has 0 radical (unpaired) electrons. The molecule has 4 heteroatoms. The van der Waals surface area contributed by atoms with Crippen molar-refractivity contribution in [2.45, 2.75) is 27.2 Å². The van der Waals surface area contributed by atoms with Crippen molar-refractivity contribution in [2.75, 3.05) is 18.5 Å². The molecule has 0 aromatic heterocycles. The number of rotatable bonds is 8. The highest BCUT2D eigenvalue weighted by Crippen LogP contribution is 2.20. The Balaban J connectivity index is 1.99. The van der Waals surface area contributed by atoms with Gasteiger partial charge in [0.05, 0.1) is 13.2 Å². The zero-order valence-corrected chi connectivity index (χ0v) is 14.5. The van der Waals surface area contributed by atoms with E-state index in [2.05, 4.69) is 19.2 Å². The zero-order valence-electron chi connectivity index (χ0n) is 14.5. The molecule has 0 aliphatic heterocycles. The van der Waals surface area contributed by atoms with E-state index in [0.29, 0.717) is 36.1 Å². The summed E-state index contributed by atoms with van der Waals surface area (Å²) in [5, 5.41) is 2.89. The number of amides is 1. The number of anilines is 1. The van der Waals surface area contributed by atoms with Gasteiger partial charge in [-0.25, -0.2) is 0 Å². The first kappa shape index (κ1) is 17.9. The SMILES string of the molecule is CCOc1cccc(C(=O)Nc2cccc(OCCC(C)C)c2)c1. The predicted molar refractivity (Wildman–Crippen MR) is 97.0 cm³/mol. The molecule has 2 rings (SSSR count). The summed E-state index contributed by atoms with van der Waals surface area (Å²) in [7, 11) is 0. The lowest BCUT2D eigenvalue weighted by atomic mass is 10.1. The van der Waals surface area contributed by atoms with Gasteiger partial charge in [-0.05, 0) is 49.6 Å². The Labute approximate surface area is 143 Å². The Morgan fingerprint density at radius 2 is 1.75 bits per heavy atom. The summed E-state index contributed by atoms with van der Waals surface area (Å²) in [5.74, 6) is 1.88. The summed E-state index contributed by atoms with van der Waals surface area (Å²) in [4.78, 5) is 12.4. The van der Waals surface area contributed by atoms with Crippen molar-refractivity contribution in [3.63, 3.8) is 0 Å². The van der Waals surface area contributed by atoms with Crippen LogP contribution in [-0.2, 0) is 0 Å². The summed E-state index contributed by atoms with van der Waals surface area (Å²) < 4.78 is 11.2. The van der Waals surface area contributed by atoms with Gasteiger partial charge in [0.1, 0.15) is 11.5 Å². The Hall–Kier alpha value is -2.49. The molecule has 0 atom stereocenters. The van der Waals surface area contributed by atoms with Crippen LogP contribution in [0.5, 0.6) is 11.5 Å². The van der Waals surface area contributed by atoms with Gasteiger partial charge in [-0.15, -0.1) is 0 Å². The molecule has 0 saturated carbocycles. The average molecular weight is 327 g/mol. The minimum atomic E-state index is -0.170. The largest absolute Gasteiger partial charge is 0.494 e. The van der Waals surface area contributed by atoms with Gasteiger partial charge in [-0.2, -0.15) is 0 Å². The molecule has 0 unspecified atom stereocenters. The van der Waals surface area contributed by atoms with Gasteiger partial charge in [0.2, 0.25) is 0 Å². The zero-order chi connectivity index (χ0) is 17.4. The van der Waals surface area contributed by atoms with Crippen LogP contribution in [-0.4, -0.2) is 19.1 Å². The first-order valence-electron chi connectivity index (χ1n) is 8.35. The quantitative estimate of drug-likeness (QED) is 0.760. The molecule has 0 saturated heterocycles. The number of nitrogens with one attached hydrogen (secondary N) is 1. The molecule has 2 aromatic carbocycles. The normalized spacial score (nSPS) is 10.5. The van der Waals surface area contributed by atoms with Crippen molar-refractivity contribution in [1.29, 1.82) is 0 Å². The second-order valence-corrected chi connectivity index (χ2v) is 5.97. The van der Waals surface area contributed by atoms with Crippen LogP contribution in [0.25, 0.3) is 0 Å². The van der Waals surface area contributed by atoms with Crippen molar-refractivity contribution in [2.24, 2.45) is 5.92 Å². The van der Waals surface area contributed by atoms with Crippen LogP contribution < -0.4 is 14.8 Å². The van der Waals surface area contributed by atoms with E-state index in [1.165, 1.54) is 0 Å². The smallest absolute Gasteiger partial charge is 0.255 e. The lowest BCUT2D eigenvalue weighted by Gasteiger charge is -2.11. The van der Waals surface area contributed by atoms with Crippen LogP contribution in [0.2, 0.25) is 0 Å². The highest BCUT2D eigenvalue weighted by atomic mass is 16.5. The van der Waals surface area contributed by atoms with Gasteiger partial charge in [0.15, 0.2) is 0 Å². The Morgan fingerprint density at radius 3 is 2.46 bits per heavy atom. The molecule has 4 nitrogen and oxygen atoms in total. The standard InChI is InChI=1S/C20H25NO3/c1-4-23-18-9-5-7-16(13-18)20(22)21-17-8-6-10-19(14-17)24-12-11-15(2)3/h5-10,13-15H,4,11-12H2,1-3H3,(H,21,22). The molecular formula is C20H25NO3. The summed E-state index contributed by atoms with van der Waals surface area (Å²) in [6.45, 7) is 7.48. The van der Waals surface area contributed by atoms with Crippen LogP contribution in [0.4, 0.5) is 5.69 Å². The molecule has 0 spiro atoms. The van der Waals surface area contributed by atoms with Gasteiger partial charge >= 0.3 is 0 Å². The maximum absolute atomic E-state index is 12.4. The molecule has 128 valence electrons. The molecule has 0 fully saturated rings. The Morgan fingerprint density at radius 1 is 1.04 bits per heavy atom. The molecule has 0 bridgehead atoms. The third-order valence-electron chi connectivity index (χ3n) is 3.46. The molecule has 2 aromatic rings. The fraction of sp³-hybridized carbons (Fsp3) is 0.350. The van der Waals surface area contributed by atoms with Gasteiger partial charge in [0, 0.05) is 17.3 Å². The topological polar surface area (TPSA) is 47.6 Å². The summed E-state index contributed by atoms with van der Waals surface area (Å²) in [6.07, 6.45) is 1.00. The average Bonchev–Trinajstić information content (AvgIpc) is 2.55. The monoisotopic (exact) mass is 327 g/mol. The van der Waals surface area contributed by atoms with Crippen LogP contribution in [0, 0.1) is 5.92 Å². The first-order chi connectivity index (χ1) is 11.6. The molecule has 0 heterocycles. The van der Waals surface area contributed by atoms with E-state index in [-0.39, 0.29) is 5.91 Å². The van der Waals surface area contributed by atoms with E-state index in [9.17, 15) is 4.79 Å². The maximum atomic E-state index is 12.4. The second kappa shape index (κ2) is 8.96. The second-order valence-electron chi connectivity index (χ2n) is 5.97. The van der Waals surface area contributed by atoms with E-state index in [0.717, 1.165) is 12.2 Å². The van der Waals surface area contributed by atoms with Crippen molar-refractivity contribution < 1.29 is 14.3 Å². The summed E-state index contributed by atoms with van der Waals surface area (Å²) >= 11 is 0. The number of carbonyl (C=O) groups is 1. The number of hydrogen-bond acceptors (Lipinski definition) is 3. The molecule has 0 aliphatic carbocycles. The fourth-order valence-electron chi connectivity index (χ4n) is 2.17. The number of benzene rings is 2. The summed E-state index contributed by atoms with van der Waals surface area (Å²) in [5.41, 5.74) is 1.27. The fourth-order valence-corrected chi connectivity index (χ4v) is 2.17. The molecule has 1 N–H and O–H groups in total. The Kier molecular flexibility index (Phi) is 6.67. The minimum absolute atomic E-state index is 0.170. The van der Waals surface area contributed by atoms with E-state index in [4.69, 9.17) is 9.47 Å². The highest BCUT2D eigenvalue weighted by Gasteiger charge is 2.08. The number of ether oxygens (including phenoxy) is 2. The van der Waals surface area contributed by atoms with E-state index < -0.39 is 0 Å². The maximum Gasteiger partial charge on any atom is 0.255 e. The third kappa shape index (κ3) is 5.61. The van der Waals surface area contributed by atoms with Crippen molar-refractivity contribution >= 4 is 11.6 Å². The van der Waals surface area contributed by atoms with Crippen molar-refractivity contribution in [3.05, 3.63) is 54.1 Å². The Bertz CT molecular complexity index is 667. The third-order valence-corrected chi connectivity index (χ3v) is 3.46. The van der Waals surface area contributed by atoms with E-state index in [1.807, 2.05) is 43.3 Å². The van der Waals surface area contributed by atoms with Gasteiger partial charge in [-0.1, -0.05) is 26.0 Å². The van der Waals surface area contributed by atoms with Gasteiger partial charge in [0.25, 0.3) is 5.91 Å². The van der Waals surface area contributed by atoms with Crippen LogP contribution >= 0.6 is 0 Å². The van der Waals surface area contributed by atoms with Gasteiger partial charge < -0.3 is 14.8 Å². The van der Waals surface area contributed by atoms with Crippen LogP contribution in [0.15, 0.2) is 48.5 Å². The minimum Gasteiger partial charge on any atom is -0.494 e. The van der Waals surface area contributed by atoms with Crippen LogP contribution in [0.1, 0.15) is 37.6 Å². The first-order valence-corrected chi connectivity index (χ1v) is 8.35. The van der Waals surface area contributed by atoms with E-state index >= 15 is 0 Å². The number of carbonyl (C=O) groups excluding carboxylic acids is 1. The lowest BCUT2D eigenvalue weighted by molar-refractivity contribution is 0.102. The number of hydrogen-bond donors (Lipinski definition) is 1. The highest BCUT2D eigenvalue weighted by molar-refractivity contribution is 6.04. The lowest BCUT2D eigenvalue weighted by Crippen LogP contribution is -2.12. The molecular weight excluding hydrogens is 302 g/mol. The predicted octanol–water partition coefficient (Wildman–Crippen LogP) is 4.76. The van der Waals surface area contributed by atoms with Crippen molar-refractivity contribution in [1.82, 2.24) is 0 Å². The van der Waals surface area contributed by atoms with Crippen molar-refractivity contribution in [3.8, 4) is 11.5 Å². The molecule has 1 amide bonds. The molecule has 0 aliphatic rings. The molecule has 24 heavy (non-hydrogen) atoms.